The predicted molar refractivity (Wildman–Crippen MR) is 99.6 cm³/mol. The lowest BCUT2D eigenvalue weighted by Gasteiger charge is -2.34. The standard InChI is InChI=1S/C21H22N2O2/c1-21(2)11-17-19(18(25)12-21)20(13-6-5-7-14(24)10-13)23-16-9-4-3-8-15(16)22-17/h3-10,20,22-24H,11-12H2,1-2H3/t20-/m1/s1. The number of benzene rings is 2. The van der Waals surface area contributed by atoms with Crippen LogP contribution in [-0.4, -0.2) is 10.9 Å². The van der Waals surface area contributed by atoms with Crippen molar-refractivity contribution in [2.45, 2.75) is 32.7 Å². The Balaban J connectivity index is 1.90. The number of allylic oxidation sites excluding steroid dienone is 1. The molecule has 2 aromatic carbocycles. The second kappa shape index (κ2) is 5.66. The predicted octanol–water partition coefficient (Wildman–Crippen LogP) is 4.61. The molecule has 0 bridgehead atoms. The first-order valence-corrected chi connectivity index (χ1v) is 8.61. The summed E-state index contributed by atoms with van der Waals surface area (Å²) in [6.45, 7) is 4.26. The van der Waals surface area contributed by atoms with E-state index in [-0.39, 0.29) is 23.0 Å². The number of hydrogen-bond acceptors (Lipinski definition) is 4. The molecule has 1 atom stereocenters. The number of ketones is 1. The fraction of sp³-hybridized carbons (Fsp3) is 0.286. The largest absolute Gasteiger partial charge is 0.508 e. The van der Waals surface area contributed by atoms with Crippen LogP contribution < -0.4 is 10.6 Å². The van der Waals surface area contributed by atoms with Crippen molar-refractivity contribution in [1.82, 2.24) is 0 Å². The highest BCUT2D eigenvalue weighted by Gasteiger charge is 2.38. The van der Waals surface area contributed by atoms with Gasteiger partial charge in [0.05, 0.1) is 17.4 Å². The first-order chi connectivity index (χ1) is 11.9. The second-order valence-electron chi connectivity index (χ2n) is 7.68. The maximum Gasteiger partial charge on any atom is 0.163 e. The molecule has 4 heteroatoms. The van der Waals surface area contributed by atoms with Crippen LogP contribution in [0.15, 0.2) is 59.8 Å². The number of phenols is 1. The van der Waals surface area contributed by atoms with E-state index >= 15 is 0 Å². The van der Waals surface area contributed by atoms with Crippen LogP contribution in [-0.2, 0) is 4.79 Å². The second-order valence-corrected chi connectivity index (χ2v) is 7.68. The van der Waals surface area contributed by atoms with Crippen LogP contribution in [0.1, 0.15) is 38.3 Å². The Kier molecular flexibility index (Phi) is 3.57. The van der Waals surface area contributed by atoms with Gasteiger partial charge in [0.15, 0.2) is 5.78 Å². The van der Waals surface area contributed by atoms with Gasteiger partial charge in [0.25, 0.3) is 0 Å². The maximum atomic E-state index is 13.0. The Morgan fingerprint density at radius 2 is 1.80 bits per heavy atom. The number of fused-ring (bicyclic) bond motifs is 1. The average molecular weight is 334 g/mol. The maximum absolute atomic E-state index is 13.0. The van der Waals surface area contributed by atoms with E-state index in [1.54, 1.807) is 12.1 Å². The number of carbonyl (C=O) groups excluding carboxylic acids is 1. The fourth-order valence-electron chi connectivity index (χ4n) is 3.84. The van der Waals surface area contributed by atoms with Gasteiger partial charge in [-0.25, -0.2) is 0 Å². The topological polar surface area (TPSA) is 61.4 Å². The Morgan fingerprint density at radius 3 is 2.56 bits per heavy atom. The quantitative estimate of drug-likeness (QED) is 0.712. The van der Waals surface area contributed by atoms with Crippen LogP contribution in [0, 0.1) is 5.41 Å². The van der Waals surface area contributed by atoms with Crippen molar-refractivity contribution in [1.29, 1.82) is 0 Å². The third-order valence-electron chi connectivity index (χ3n) is 4.92. The van der Waals surface area contributed by atoms with Crippen molar-refractivity contribution in [2.75, 3.05) is 10.6 Å². The van der Waals surface area contributed by atoms with Crippen LogP contribution in [0.2, 0.25) is 0 Å². The molecule has 0 spiro atoms. The Labute approximate surface area is 147 Å². The van der Waals surface area contributed by atoms with Crippen molar-refractivity contribution < 1.29 is 9.90 Å². The minimum absolute atomic E-state index is 0.0639. The van der Waals surface area contributed by atoms with E-state index in [9.17, 15) is 9.90 Å². The lowest BCUT2D eigenvalue weighted by molar-refractivity contribution is -0.118. The Bertz CT molecular complexity index is 883. The molecule has 2 aromatic rings. The fourth-order valence-corrected chi connectivity index (χ4v) is 3.84. The average Bonchev–Trinajstić information content (AvgIpc) is 2.70. The lowest BCUT2D eigenvalue weighted by atomic mass is 9.73. The summed E-state index contributed by atoms with van der Waals surface area (Å²) in [5, 5.41) is 16.9. The monoisotopic (exact) mass is 334 g/mol. The molecule has 0 aromatic heterocycles. The number of Topliss-reactive ketones (excluding diaryl/α,β-unsaturated/α-hetero) is 1. The van der Waals surface area contributed by atoms with Gasteiger partial charge in [-0.1, -0.05) is 38.1 Å². The minimum Gasteiger partial charge on any atom is -0.508 e. The van der Waals surface area contributed by atoms with Gasteiger partial charge in [-0.05, 0) is 41.7 Å². The van der Waals surface area contributed by atoms with Crippen LogP contribution >= 0.6 is 0 Å². The zero-order valence-electron chi connectivity index (χ0n) is 14.5. The summed E-state index contributed by atoms with van der Waals surface area (Å²) in [5.41, 5.74) is 4.51. The highest BCUT2D eigenvalue weighted by Crippen LogP contribution is 2.45. The van der Waals surface area contributed by atoms with Gasteiger partial charge in [0, 0.05) is 17.7 Å². The summed E-state index contributed by atoms with van der Waals surface area (Å²) in [7, 11) is 0. The number of carbonyl (C=O) groups is 1. The molecule has 0 amide bonds. The molecular weight excluding hydrogens is 312 g/mol. The van der Waals surface area contributed by atoms with Crippen LogP contribution in [0.4, 0.5) is 11.4 Å². The van der Waals surface area contributed by atoms with Gasteiger partial charge < -0.3 is 15.7 Å². The zero-order chi connectivity index (χ0) is 17.6. The molecule has 25 heavy (non-hydrogen) atoms. The van der Waals surface area contributed by atoms with E-state index in [4.69, 9.17) is 0 Å². The van der Waals surface area contributed by atoms with Crippen molar-refractivity contribution in [3.63, 3.8) is 0 Å². The van der Waals surface area contributed by atoms with Crippen LogP contribution in [0.3, 0.4) is 0 Å². The van der Waals surface area contributed by atoms with Gasteiger partial charge in [-0.3, -0.25) is 4.79 Å². The molecule has 1 aliphatic heterocycles. The summed E-state index contributed by atoms with van der Waals surface area (Å²) in [4.78, 5) is 13.0. The molecule has 4 rings (SSSR count). The summed E-state index contributed by atoms with van der Waals surface area (Å²) >= 11 is 0. The summed E-state index contributed by atoms with van der Waals surface area (Å²) in [6.07, 6.45) is 1.35. The van der Waals surface area contributed by atoms with E-state index in [0.717, 1.165) is 34.6 Å². The van der Waals surface area contributed by atoms with Gasteiger partial charge in [-0.2, -0.15) is 0 Å². The van der Waals surface area contributed by atoms with Crippen molar-refractivity contribution in [3.8, 4) is 5.75 Å². The molecule has 2 aliphatic rings. The third-order valence-corrected chi connectivity index (χ3v) is 4.92. The zero-order valence-corrected chi connectivity index (χ0v) is 14.5. The summed E-state index contributed by atoms with van der Waals surface area (Å²) in [6, 6.07) is 14.8. The molecule has 0 fully saturated rings. The third kappa shape index (κ3) is 2.88. The number of aromatic hydroxyl groups is 1. The Morgan fingerprint density at radius 1 is 1.04 bits per heavy atom. The number of para-hydroxylation sites is 2. The number of phenolic OH excluding ortho intramolecular Hbond substituents is 1. The van der Waals surface area contributed by atoms with E-state index in [1.165, 1.54) is 0 Å². The Hall–Kier alpha value is -2.75. The molecular formula is C21H22N2O2. The highest BCUT2D eigenvalue weighted by atomic mass is 16.3. The smallest absolute Gasteiger partial charge is 0.163 e. The van der Waals surface area contributed by atoms with Gasteiger partial charge in [-0.15, -0.1) is 0 Å². The SMILES string of the molecule is CC1(C)CC(=O)C2=C(C1)Nc1ccccc1N[C@@H]2c1cccc(O)c1. The normalized spacial score (nSPS) is 21.5. The highest BCUT2D eigenvalue weighted by molar-refractivity contribution is 6.01. The van der Waals surface area contributed by atoms with Crippen molar-refractivity contribution >= 4 is 17.2 Å². The molecule has 0 saturated carbocycles. The first kappa shape index (κ1) is 15.8. The van der Waals surface area contributed by atoms with E-state index in [0.29, 0.717) is 6.42 Å². The summed E-state index contributed by atoms with van der Waals surface area (Å²) in [5.74, 6) is 0.364. The van der Waals surface area contributed by atoms with Crippen molar-refractivity contribution in [3.05, 3.63) is 65.4 Å². The lowest BCUT2D eigenvalue weighted by Crippen LogP contribution is -2.31. The molecule has 0 radical (unpaired) electrons. The van der Waals surface area contributed by atoms with E-state index < -0.39 is 0 Å². The van der Waals surface area contributed by atoms with E-state index in [1.807, 2.05) is 36.4 Å². The molecule has 1 heterocycles. The minimum atomic E-state index is -0.276. The van der Waals surface area contributed by atoms with Gasteiger partial charge in [0.2, 0.25) is 0 Å². The molecule has 128 valence electrons. The number of rotatable bonds is 1. The number of anilines is 2. The van der Waals surface area contributed by atoms with Crippen LogP contribution in [0.5, 0.6) is 5.75 Å². The van der Waals surface area contributed by atoms with Crippen molar-refractivity contribution in [2.24, 2.45) is 5.41 Å². The number of nitrogens with one attached hydrogen (secondary N) is 2. The van der Waals surface area contributed by atoms with E-state index in [2.05, 4.69) is 24.5 Å². The number of hydrogen-bond donors (Lipinski definition) is 3. The molecule has 1 aliphatic carbocycles. The first-order valence-electron chi connectivity index (χ1n) is 8.61. The summed E-state index contributed by atoms with van der Waals surface area (Å²) < 4.78 is 0. The molecule has 0 saturated heterocycles. The van der Waals surface area contributed by atoms with Gasteiger partial charge >= 0.3 is 0 Å². The molecule has 0 unspecified atom stereocenters. The van der Waals surface area contributed by atoms with Crippen LogP contribution in [0.25, 0.3) is 0 Å². The molecule has 3 N–H and O–H groups in total. The van der Waals surface area contributed by atoms with Gasteiger partial charge in [0.1, 0.15) is 5.75 Å². The molecule has 4 nitrogen and oxygen atoms in total.